The van der Waals surface area contributed by atoms with Gasteiger partial charge in [-0.2, -0.15) is 0 Å². The lowest BCUT2D eigenvalue weighted by Gasteiger charge is -2.30. The average molecular weight is 328 g/mol. The molecule has 1 aromatic rings. The average Bonchev–Trinajstić information content (AvgIpc) is 2.88. The fourth-order valence-electron chi connectivity index (χ4n) is 2.15. The van der Waals surface area contributed by atoms with E-state index in [0.717, 1.165) is 26.1 Å². The Bertz CT molecular complexity index is 516. The van der Waals surface area contributed by atoms with Gasteiger partial charge < -0.3 is 14.4 Å². The van der Waals surface area contributed by atoms with Crippen LogP contribution in [0.3, 0.4) is 0 Å². The minimum absolute atomic E-state index is 0.137. The lowest BCUT2D eigenvalue weighted by atomic mass is 10.1. The molecular weight excluding hydrogens is 304 g/mol. The molecule has 1 amide bonds. The molecule has 1 fully saturated rings. The fraction of sp³-hybridized carbons (Fsp3) is 0.733. The Labute approximate surface area is 135 Å². The molecule has 0 aliphatic carbocycles. The molecule has 1 aromatic heterocycles. The van der Waals surface area contributed by atoms with Gasteiger partial charge in [0.1, 0.15) is 11.3 Å². The van der Waals surface area contributed by atoms with Gasteiger partial charge in [0.25, 0.3) is 0 Å². The second kappa shape index (κ2) is 6.60. The van der Waals surface area contributed by atoms with E-state index < -0.39 is 10.3 Å². The molecule has 7 heteroatoms. The monoisotopic (exact) mass is 328 g/mol. The number of rotatable bonds is 5. The first-order valence-corrected chi connectivity index (χ1v) is 8.33. The number of thioether (sulfide) groups is 1. The lowest BCUT2D eigenvalue weighted by molar-refractivity contribution is -0.117. The van der Waals surface area contributed by atoms with Crippen LogP contribution in [0.25, 0.3) is 0 Å². The summed E-state index contributed by atoms with van der Waals surface area (Å²) in [6.07, 6.45) is 1.93. The van der Waals surface area contributed by atoms with Crippen molar-refractivity contribution in [1.29, 1.82) is 0 Å². The molecule has 1 aliphatic rings. The molecular formula is C15H24N2O4S. The van der Waals surface area contributed by atoms with E-state index in [0.29, 0.717) is 10.9 Å². The lowest BCUT2D eigenvalue weighted by Crippen LogP contribution is -2.37. The number of carbonyl (C=O) groups is 1. The summed E-state index contributed by atoms with van der Waals surface area (Å²) in [6.45, 7) is 8.53. The van der Waals surface area contributed by atoms with Gasteiger partial charge >= 0.3 is 0 Å². The zero-order valence-corrected chi connectivity index (χ0v) is 14.3. The van der Waals surface area contributed by atoms with Crippen molar-refractivity contribution in [3.63, 3.8) is 0 Å². The van der Waals surface area contributed by atoms with Crippen LogP contribution in [-0.4, -0.2) is 39.4 Å². The minimum Gasteiger partial charge on any atom is -0.384 e. The summed E-state index contributed by atoms with van der Waals surface area (Å²) >= 11 is 1.66. The molecule has 6 nitrogen and oxygen atoms in total. The molecule has 0 bridgehead atoms. The normalized spacial score (nSPS) is 17.5. The topological polar surface area (TPSA) is 84.6 Å². The molecule has 2 rings (SSSR count). The van der Waals surface area contributed by atoms with E-state index in [1.54, 1.807) is 31.7 Å². The van der Waals surface area contributed by atoms with Gasteiger partial charge in [-0.05, 0) is 40.5 Å². The van der Waals surface area contributed by atoms with Crippen molar-refractivity contribution in [2.75, 3.05) is 18.5 Å². The summed E-state index contributed by atoms with van der Waals surface area (Å²) in [6, 6.07) is 1.55. The maximum Gasteiger partial charge on any atom is 0.242 e. The first kappa shape index (κ1) is 17.3. The van der Waals surface area contributed by atoms with Gasteiger partial charge in [-0.15, -0.1) is 11.8 Å². The van der Waals surface area contributed by atoms with E-state index in [4.69, 9.17) is 9.26 Å². The van der Waals surface area contributed by atoms with E-state index in [1.807, 2.05) is 13.8 Å². The first-order valence-electron chi connectivity index (χ1n) is 7.45. The zero-order chi connectivity index (χ0) is 16.4. The molecule has 1 saturated heterocycles. The molecule has 124 valence electrons. The van der Waals surface area contributed by atoms with Crippen LogP contribution in [0.1, 0.15) is 46.2 Å². The summed E-state index contributed by atoms with van der Waals surface area (Å²) < 4.78 is 9.84. The third-order valence-corrected chi connectivity index (χ3v) is 5.13. The maximum absolute atomic E-state index is 12.5. The van der Waals surface area contributed by atoms with Crippen LogP contribution in [-0.2, 0) is 15.1 Å². The maximum atomic E-state index is 12.5. The van der Waals surface area contributed by atoms with Crippen LogP contribution in [0.5, 0.6) is 0 Å². The minimum atomic E-state index is -1.10. The third kappa shape index (κ3) is 4.47. The Morgan fingerprint density at radius 2 is 2.00 bits per heavy atom. The van der Waals surface area contributed by atoms with Crippen molar-refractivity contribution in [1.82, 2.24) is 5.16 Å². The molecule has 22 heavy (non-hydrogen) atoms. The summed E-state index contributed by atoms with van der Waals surface area (Å²) in [5, 5.41) is 16.8. The van der Waals surface area contributed by atoms with Crippen LogP contribution in [0.2, 0.25) is 0 Å². The Morgan fingerprint density at radius 1 is 1.36 bits per heavy atom. The first-order chi connectivity index (χ1) is 10.2. The zero-order valence-electron chi connectivity index (χ0n) is 13.5. The van der Waals surface area contributed by atoms with Crippen LogP contribution < -0.4 is 5.32 Å². The van der Waals surface area contributed by atoms with E-state index in [-0.39, 0.29) is 11.8 Å². The van der Waals surface area contributed by atoms with Crippen molar-refractivity contribution in [3.05, 3.63) is 11.8 Å². The number of nitrogens with one attached hydrogen (secondary N) is 1. The summed E-state index contributed by atoms with van der Waals surface area (Å²) in [7, 11) is 0. The van der Waals surface area contributed by atoms with Crippen molar-refractivity contribution in [3.8, 4) is 0 Å². The van der Waals surface area contributed by atoms with Gasteiger partial charge in [0.15, 0.2) is 0 Å². The van der Waals surface area contributed by atoms with Gasteiger partial charge in [0, 0.05) is 24.5 Å². The highest BCUT2D eigenvalue weighted by atomic mass is 32.2. The summed E-state index contributed by atoms with van der Waals surface area (Å²) in [4.78, 5) is 12.5. The molecule has 2 N–H and O–H groups in total. The number of hydrogen-bond donors (Lipinski definition) is 2. The van der Waals surface area contributed by atoms with Gasteiger partial charge in [-0.25, -0.2) is 0 Å². The predicted molar refractivity (Wildman–Crippen MR) is 85.9 cm³/mol. The smallest absolute Gasteiger partial charge is 0.242 e. The number of amides is 1. The SMILES string of the molecule is CC(C)(SC1CCOCC1)C(=O)Nc1cc(C(C)(C)O)no1. The Morgan fingerprint density at radius 3 is 2.55 bits per heavy atom. The highest BCUT2D eigenvalue weighted by Crippen LogP contribution is 2.35. The number of hydrogen-bond acceptors (Lipinski definition) is 6. The van der Waals surface area contributed by atoms with Crippen molar-refractivity contribution >= 4 is 23.6 Å². The molecule has 1 aliphatic heterocycles. The number of anilines is 1. The molecule has 0 unspecified atom stereocenters. The highest BCUT2D eigenvalue weighted by Gasteiger charge is 2.33. The largest absolute Gasteiger partial charge is 0.384 e. The third-order valence-electron chi connectivity index (χ3n) is 3.55. The van der Waals surface area contributed by atoms with Crippen LogP contribution >= 0.6 is 11.8 Å². The van der Waals surface area contributed by atoms with Gasteiger partial charge in [0.05, 0.1) is 4.75 Å². The number of aliphatic hydroxyl groups is 1. The standard InChI is InChI=1S/C15H24N2O4S/c1-14(2,19)11-9-12(21-17-11)16-13(18)15(3,4)22-10-5-7-20-8-6-10/h9-10,19H,5-8H2,1-4H3,(H,16,18). The molecule has 0 aromatic carbocycles. The quantitative estimate of drug-likeness (QED) is 0.864. The predicted octanol–water partition coefficient (Wildman–Crippen LogP) is 2.53. The van der Waals surface area contributed by atoms with Crippen LogP contribution in [0, 0.1) is 0 Å². The van der Waals surface area contributed by atoms with Crippen molar-refractivity contribution < 1.29 is 19.2 Å². The Balaban J connectivity index is 1.96. The highest BCUT2D eigenvalue weighted by molar-refractivity contribution is 8.02. The summed E-state index contributed by atoms with van der Waals surface area (Å²) in [5.41, 5.74) is -0.712. The Hall–Kier alpha value is -1.05. The number of ether oxygens (including phenoxy) is 1. The van der Waals surface area contributed by atoms with E-state index in [1.165, 1.54) is 0 Å². The second-order valence-corrected chi connectivity index (χ2v) is 8.45. The molecule has 0 atom stereocenters. The molecule has 0 saturated carbocycles. The number of aromatic nitrogens is 1. The fourth-order valence-corrected chi connectivity index (χ4v) is 3.57. The van der Waals surface area contributed by atoms with Crippen LogP contribution in [0.4, 0.5) is 5.88 Å². The van der Waals surface area contributed by atoms with Crippen LogP contribution in [0.15, 0.2) is 10.6 Å². The van der Waals surface area contributed by atoms with Gasteiger partial charge in [0.2, 0.25) is 11.8 Å². The van der Waals surface area contributed by atoms with Crippen molar-refractivity contribution in [2.24, 2.45) is 0 Å². The molecule has 0 spiro atoms. The van der Waals surface area contributed by atoms with E-state index in [2.05, 4.69) is 10.5 Å². The van der Waals surface area contributed by atoms with E-state index >= 15 is 0 Å². The Kier molecular flexibility index (Phi) is 5.19. The number of nitrogens with zero attached hydrogens (tertiary/aromatic N) is 1. The van der Waals surface area contributed by atoms with Gasteiger partial charge in [-0.3, -0.25) is 10.1 Å². The van der Waals surface area contributed by atoms with Gasteiger partial charge in [-0.1, -0.05) is 5.16 Å². The summed E-state index contributed by atoms with van der Waals surface area (Å²) in [5.74, 6) is 0.116. The molecule has 2 heterocycles. The molecule has 0 radical (unpaired) electrons. The van der Waals surface area contributed by atoms with E-state index in [9.17, 15) is 9.90 Å². The second-order valence-electron chi connectivity index (χ2n) is 6.53. The number of carbonyl (C=O) groups excluding carboxylic acids is 1. The van der Waals surface area contributed by atoms with Crippen molar-refractivity contribution in [2.45, 2.75) is 56.1 Å².